The van der Waals surface area contributed by atoms with Gasteiger partial charge < -0.3 is 5.32 Å². The predicted octanol–water partition coefficient (Wildman–Crippen LogP) is 2.17. The molecule has 0 bridgehead atoms. The Morgan fingerprint density at radius 2 is 1.70 bits per heavy atom. The molecular formula is C9H19N. The summed E-state index contributed by atoms with van der Waals surface area (Å²) >= 11 is 0. The van der Waals surface area contributed by atoms with Crippen LogP contribution in [-0.2, 0) is 0 Å². The third kappa shape index (κ3) is 2.30. The molecule has 0 radical (unpaired) electrons. The second-order valence-electron chi connectivity index (χ2n) is 4.67. The molecule has 0 aromatic heterocycles. The van der Waals surface area contributed by atoms with Crippen LogP contribution in [-0.4, -0.2) is 11.6 Å². The van der Waals surface area contributed by atoms with Crippen molar-refractivity contribution in [1.29, 1.82) is 0 Å². The zero-order valence-electron chi connectivity index (χ0n) is 7.57. The fourth-order valence-corrected chi connectivity index (χ4v) is 1.63. The number of hydrogen-bond acceptors (Lipinski definition) is 1. The van der Waals surface area contributed by atoms with E-state index in [1.165, 1.54) is 12.8 Å². The summed E-state index contributed by atoms with van der Waals surface area (Å²) in [6.45, 7) is 9.02. The van der Waals surface area contributed by atoms with Gasteiger partial charge in [-0.1, -0.05) is 6.92 Å². The van der Waals surface area contributed by atoms with Crippen LogP contribution in [0.15, 0.2) is 0 Å². The van der Waals surface area contributed by atoms with E-state index >= 15 is 0 Å². The maximum absolute atomic E-state index is 3.59. The molecular weight excluding hydrogens is 122 g/mol. The average molecular weight is 141 g/mol. The van der Waals surface area contributed by atoms with Gasteiger partial charge in [0.2, 0.25) is 0 Å². The highest BCUT2D eigenvalue weighted by Gasteiger charge is 2.27. The largest absolute Gasteiger partial charge is 0.309 e. The normalized spacial score (nSPS) is 33.6. The molecule has 0 unspecified atom stereocenters. The van der Waals surface area contributed by atoms with E-state index in [1.54, 1.807) is 0 Å². The highest BCUT2D eigenvalue weighted by Crippen LogP contribution is 2.27. The van der Waals surface area contributed by atoms with Gasteiger partial charge in [0.05, 0.1) is 0 Å². The second kappa shape index (κ2) is 2.54. The minimum atomic E-state index is 0.310. The van der Waals surface area contributed by atoms with E-state index in [0.29, 0.717) is 5.54 Å². The zero-order valence-corrected chi connectivity index (χ0v) is 7.57. The number of hydrogen-bond donors (Lipinski definition) is 1. The Bertz CT molecular complexity index is 106. The van der Waals surface area contributed by atoms with Crippen molar-refractivity contribution in [3.63, 3.8) is 0 Å². The molecule has 0 aliphatic heterocycles. The zero-order chi connectivity index (χ0) is 7.78. The van der Waals surface area contributed by atoms with Gasteiger partial charge in [0.1, 0.15) is 0 Å². The van der Waals surface area contributed by atoms with Crippen LogP contribution in [0.25, 0.3) is 0 Å². The lowest BCUT2D eigenvalue weighted by Crippen LogP contribution is -2.49. The third-order valence-electron chi connectivity index (χ3n) is 2.01. The second-order valence-corrected chi connectivity index (χ2v) is 4.67. The summed E-state index contributed by atoms with van der Waals surface area (Å²) in [5, 5.41) is 3.59. The predicted molar refractivity (Wildman–Crippen MR) is 45.1 cm³/mol. The molecule has 1 saturated carbocycles. The standard InChI is InChI=1S/C9H19N/c1-7-5-8(6-7)10-9(2,3)4/h7-8,10H,5-6H2,1-4H3. The lowest BCUT2D eigenvalue weighted by atomic mass is 9.81. The van der Waals surface area contributed by atoms with Crippen molar-refractivity contribution in [2.24, 2.45) is 5.92 Å². The molecule has 1 fully saturated rings. The average Bonchev–Trinajstić information content (AvgIpc) is 1.57. The van der Waals surface area contributed by atoms with E-state index in [2.05, 4.69) is 33.0 Å². The molecule has 1 rings (SSSR count). The van der Waals surface area contributed by atoms with E-state index < -0.39 is 0 Å². The van der Waals surface area contributed by atoms with Gasteiger partial charge in [-0.2, -0.15) is 0 Å². The summed E-state index contributed by atoms with van der Waals surface area (Å²) < 4.78 is 0. The maximum Gasteiger partial charge on any atom is 0.00991 e. The van der Waals surface area contributed by atoms with Crippen LogP contribution in [0.3, 0.4) is 0 Å². The SMILES string of the molecule is CC1CC(NC(C)(C)C)C1. The van der Waals surface area contributed by atoms with Gasteiger partial charge >= 0.3 is 0 Å². The molecule has 1 aliphatic carbocycles. The first kappa shape index (κ1) is 8.06. The Morgan fingerprint density at radius 3 is 2.00 bits per heavy atom. The summed E-state index contributed by atoms with van der Waals surface area (Å²) in [7, 11) is 0. The minimum Gasteiger partial charge on any atom is -0.309 e. The molecule has 10 heavy (non-hydrogen) atoms. The van der Waals surface area contributed by atoms with Crippen molar-refractivity contribution in [3.8, 4) is 0 Å². The first-order valence-corrected chi connectivity index (χ1v) is 4.25. The molecule has 0 saturated heterocycles. The van der Waals surface area contributed by atoms with Crippen LogP contribution in [0.2, 0.25) is 0 Å². The van der Waals surface area contributed by atoms with Gasteiger partial charge in [0, 0.05) is 11.6 Å². The van der Waals surface area contributed by atoms with E-state index in [1.807, 2.05) is 0 Å². The van der Waals surface area contributed by atoms with Crippen LogP contribution in [0.4, 0.5) is 0 Å². The fraction of sp³-hybridized carbons (Fsp3) is 1.00. The maximum atomic E-state index is 3.59. The van der Waals surface area contributed by atoms with Gasteiger partial charge in [-0.25, -0.2) is 0 Å². The Kier molecular flexibility index (Phi) is 2.04. The van der Waals surface area contributed by atoms with E-state index in [0.717, 1.165) is 12.0 Å². The molecule has 1 aliphatic rings. The number of rotatable bonds is 1. The van der Waals surface area contributed by atoms with Crippen molar-refractivity contribution in [1.82, 2.24) is 5.32 Å². The van der Waals surface area contributed by atoms with E-state index in [4.69, 9.17) is 0 Å². The first-order chi connectivity index (χ1) is 4.47. The molecule has 0 atom stereocenters. The summed E-state index contributed by atoms with van der Waals surface area (Å²) in [6.07, 6.45) is 2.74. The van der Waals surface area contributed by atoms with Crippen LogP contribution < -0.4 is 5.32 Å². The molecule has 1 N–H and O–H groups in total. The highest BCUT2D eigenvalue weighted by molar-refractivity contribution is 4.87. The summed E-state index contributed by atoms with van der Waals surface area (Å²) in [6, 6.07) is 0.801. The Morgan fingerprint density at radius 1 is 1.20 bits per heavy atom. The monoisotopic (exact) mass is 141 g/mol. The summed E-state index contributed by atoms with van der Waals surface area (Å²) in [4.78, 5) is 0. The van der Waals surface area contributed by atoms with Gasteiger partial charge in [0.25, 0.3) is 0 Å². The van der Waals surface area contributed by atoms with Gasteiger partial charge in [-0.3, -0.25) is 0 Å². The van der Waals surface area contributed by atoms with Crippen LogP contribution in [0.5, 0.6) is 0 Å². The fourth-order valence-electron chi connectivity index (χ4n) is 1.63. The molecule has 0 spiro atoms. The molecule has 1 nitrogen and oxygen atoms in total. The summed E-state index contributed by atoms with van der Waals surface area (Å²) in [5.41, 5.74) is 0.310. The minimum absolute atomic E-state index is 0.310. The van der Waals surface area contributed by atoms with Crippen LogP contribution in [0.1, 0.15) is 40.5 Å². The topological polar surface area (TPSA) is 12.0 Å². The third-order valence-corrected chi connectivity index (χ3v) is 2.01. The van der Waals surface area contributed by atoms with Crippen LogP contribution in [0, 0.1) is 5.92 Å². The first-order valence-electron chi connectivity index (χ1n) is 4.25. The molecule has 0 aromatic rings. The van der Waals surface area contributed by atoms with E-state index in [9.17, 15) is 0 Å². The van der Waals surface area contributed by atoms with Crippen molar-refractivity contribution in [2.75, 3.05) is 0 Å². The van der Waals surface area contributed by atoms with Gasteiger partial charge in [0.15, 0.2) is 0 Å². The Hall–Kier alpha value is -0.0400. The number of nitrogens with one attached hydrogen (secondary N) is 1. The molecule has 0 aromatic carbocycles. The molecule has 1 heteroatoms. The van der Waals surface area contributed by atoms with E-state index in [-0.39, 0.29) is 0 Å². The molecule has 0 heterocycles. The lowest BCUT2D eigenvalue weighted by molar-refractivity contribution is 0.199. The smallest absolute Gasteiger partial charge is 0.00991 e. The molecule has 0 amide bonds. The summed E-state index contributed by atoms with van der Waals surface area (Å²) in [5.74, 6) is 0.958. The van der Waals surface area contributed by atoms with Gasteiger partial charge in [-0.05, 0) is 39.5 Å². The Labute approximate surface area is 64.2 Å². The van der Waals surface area contributed by atoms with Crippen LogP contribution >= 0.6 is 0 Å². The molecule has 60 valence electrons. The Balaban J connectivity index is 2.16. The van der Waals surface area contributed by atoms with Crippen molar-refractivity contribution in [3.05, 3.63) is 0 Å². The van der Waals surface area contributed by atoms with Crippen molar-refractivity contribution in [2.45, 2.75) is 52.1 Å². The lowest BCUT2D eigenvalue weighted by Gasteiger charge is -2.38. The highest BCUT2D eigenvalue weighted by atomic mass is 15.0. The van der Waals surface area contributed by atoms with Crippen molar-refractivity contribution < 1.29 is 0 Å². The quantitative estimate of drug-likeness (QED) is 0.590. The van der Waals surface area contributed by atoms with Crippen molar-refractivity contribution >= 4 is 0 Å². The van der Waals surface area contributed by atoms with Gasteiger partial charge in [-0.15, -0.1) is 0 Å².